The highest BCUT2D eigenvalue weighted by Crippen LogP contribution is 2.26. The molecule has 122 valence electrons. The first-order valence-corrected chi connectivity index (χ1v) is 7.87. The van der Waals surface area contributed by atoms with Crippen LogP contribution in [-0.2, 0) is 11.3 Å². The van der Waals surface area contributed by atoms with Gasteiger partial charge >= 0.3 is 5.97 Å². The van der Waals surface area contributed by atoms with Gasteiger partial charge in [-0.15, -0.1) is 0 Å². The Hall–Kier alpha value is -1.82. The van der Waals surface area contributed by atoms with E-state index >= 15 is 0 Å². The first-order valence-electron chi connectivity index (χ1n) is 7.87. The normalized spacial score (nSPS) is 15.7. The highest BCUT2D eigenvalue weighted by Gasteiger charge is 2.19. The van der Waals surface area contributed by atoms with E-state index in [1.165, 1.54) is 19.3 Å². The lowest BCUT2D eigenvalue weighted by atomic mass is 10.1. The molecule has 0 bridgehead atoms. The second kappa shape index (κ2) is 7.98. The number of aromatic hydroxyl groups is 1. The minimum atomic E-state index is -0.840. The number of aliphatic carboxylic acids is 1. The molecule has 6 nitrogen and oxygen atoms in total. The second-order valence-electron chi connectivity index (χ2n) is 5.70. The molecule has 0 spiro atoms. The lowest BCUT2D eigenvalue weighted by Crippen LogP contribution is -2.38. The average molecular weight is 309 g/mol. The van der Waals surface area contributed by atoms with Crippen LogP contribution in [0.3, 0.4) is 0 Å². The van der Waals surface area contributed by atoms with Crippen LogP contribution < -0.4 is 9.30 Å². The number of aryl methyl sites for hydroxylation is 1. The molecule has 6 heteroatoms. The fourth-order valence-corrected chi connectivity index (χ4v) is 2.76. The van der Waals surface area contributed by atoms with Crippen molar-refractivity contribution in [2.24, 2.45) is 0 Å². The van der Waals surface area contributed by atoms with E-state index < -0.39 is 5.97 Å². The maximum atomic E-state index is 10.7. The summed E-state index contributed by atoms with van der Waals surface area (Å²) in [6, 6.07) is 1.55. The number of rotatable bonds is 7. The number of hydrogen-bond donors (Lipinski definition) is 2. The quantitative estimate of drug-likeness (QED) is 0.743. The molecule has 1 aromatic heterocycles. The molecule has 1 aliphatic rings. The first kappa shape index (κ1) is 16.5. The minimum absolute atomic E-state index is 0.0451. The summed E-state index contributed by atoms with van der Waals surface area (Å²) in [7, 11) is 0. The smallest absolute Gasteiger partial charge is 0.309 e. The van der Waals surface area contributed by atoms with Gasteiger partial charge in [-0.1, -0.05) is 6.42 Å². The molecule has 1 saturated heterocycles. The zero-order valence-corrected chi connectivity index (χ0v) is 13.1. The van der Waals surface area contributed by atoms with E-state index in [0.717, 1.165) is 25.3 Å². The van der Waals surface area contributed by atoms with Gasteiger partial charge in [-0.25, -0.2) is 0 Å². The van der Waals surface area contributed by atoms with E-state index in [1.807, 2.05) is 6.92 Å². The standard InChI is InChI=1S/C16H24N2O4/c1-13-16(22-12-11-17-7-3-2-4-8-17)14(19)5-9-18(13)10-6-15(20)21/h5,9H,2-4,6-8,10-12H2,1H3,(H,20,21)/p+1. The van der Waals surface area contributed by atoms with Gasteiger partial charge in [0.15, 0.2) is 18.5 Å². The fraction of sp³-hybridized carbons (Fsp3) is 0.625. The molecule has 0 aliphatic carbocycles. The molecule has 0 atom stereocenters. The SMILES string of the molecule is Cc1c(OCCN2CCCCC2)c(O)cc[n+]1CCC(=O)O. The van der Waals surface area contributed by atoms with Crippen molar-refractivity contribution in [3.05, 3.63) is 18.0 Å². The first-order chi connectivity index (χ1) is 10.6. The summed E-state index contributed by atoms with van der Waals surface area (Å²) in [4.78, 5) is 13.1. The molecule has 2 N–H and O–H groups in total. The van der Waals surface area contributed by atoms with Gasteiger partial charge in [-0.3, -0.25) is 9.69 Å². The largest absolute Gasteiger partial charge is 0.504 e. The minimum Gasteiger partial charge on any atom is -0.504 e. The molecule has 1 aromatic rings. The number of likely N-dealkylation sites (tertiary alicyclic amines) is 1. The monoisotopic (exact) mass is 309 g/mol. The van der Waals surface area contributed by atoms with Gasteiger partial charge in [-0.05, 0) is 25.9 Å². The van der Waals surface area contributed by atoms with E-state index in [0.29, 0.717) is 18.9 Å². The Kier molecular flexibility index (Phi) is 6.00. The van der Waals surface area contributed by atoms with Crippen LogP contribution in [0.1, 0.15) is 31.4 Å². The predicted octanol–water partition coefficient (Wildman–Crippen LogP) is 1.33. The van der Waals surface area contributed by atoms with E-state index in [-0.39, 0.29) is 12.2 Å². The van der Waals surface area contributed by atoms with Crippen LogP contribution in [0.5, 0.6) is 11.5 Å². The molecule has 22 heavy (non-hydrogen) atoms. The average Bonchev–Trinajstić information content (AvgIpc) is 2.50. The summed E-state index contributed by atoms with van der Waals surface area (Å²) >= 11 is 0. The van der Waals surface area contributed by atoms with Crippen molar-refractivity contribution in [1.82, 2.24) is 4.90 Å². The number of ether oxygens (including phenoxy) is 1. The van der Waals surface area contributed by atoms with Crippen LogP contribution in [0.4, 0.5) is 0 Å². The van der Waals surface area contributed by atoms with Crippen LogP contribution in [0, 0.1) is 6.92 Å². The summed E-state index contributed by atoms with van der Waals surface area (Å²) in [5.41, 5.74) is 0.750. The Bertz CT molecular complexity index is 513. The predicted molar refractivity (Wildman–Crippen MR) is 81.1 cm³/mol. The lowest BCUT2D eigenvalue weighted by molar-refractivity contribution is -0.702. The summed E-state index contributed by atoms with van der Waals surface area (Å²) in [5.74, 6) is -0.292. The molecular formula is C16H25N2O4+. The van der Waals surface area contributed by atoms with Crippen molar-refractivity contribution in [3.8, 4) is 11.5 Å². The summed E-state index contributed by atoms with van der Waals surface area (Å²) in [6.45, 7) is 5.80. The van der Waals surface area contributed by atoms with Crippen LogP contribution in [0.2, 0.25) is 0 Å². The lowest BCUT2D eigenvalue weighted by Gasteiger charge is -2.26. The van der Waals surface area contributed by atoms with Crippen molar-refractivity contribution in [1.29, 1.82) is 0 Å². The zero-order chi connectivity index (χ0) is 15.9. The number of pyridine rings is 1. The maximum Gasteiger partial charge on any atom is 0.309 e. The molecule has 1 fully saturated rings. The van der Waals surface area contributed by atoms with Crippen LogP contribution >= 0.6 is 0 Å². The number of piperidine rings is 1. The maximum absolute atomic E-state index is 10.7. The van der Waals surface area contributed by atoms with Crippen LogP contribution in [-0.4, -0.2) is 47.3 Å². The number of nitrogens with zero attached hydrogens (tertiary/aromatic N) is 2. The van der Waals surface area contributed by atoms with Crippen molar-refractivity contribution >= 4 is 5.97 Å². The van der Waals surface area contributed by atoms with E-state index in [4.69, 9.17) is 9.84 Å². The van der Waals surface area contributed by atoms with Gasteiger partial charge in [-0.2, -0.15) is 4.57 Å². The van der Waals surface area contributed by atoms with Crippen LogP contribution in [0.25, 0.3) is 0 Å². The number of carboxylic acids is 1. The van der Waals surface area contributed by atoms with Gasteiger partial charge in [0.2, 0.25) is 11.4 Å². The van der Waals surface area contributed by atoms with Crippen molar-refractivity contribution in [2.45, 2.75) is 39.2 Å². The zero-order valence-electron chi connectivity index (χ0n) is 13.1. The molecule has 2 heterocycles. The van der Waals surface area contributed by atoms with Gasteiger partial charge in [0.05, 0.1) is 0 Å². The summed E-state index contributed by atoms with van der Waals surface area (Å²) in [5, 5.41) is 18.7. The Morgan fingerprint density at radius 3 is 2.77 bits per heavy atom. The number of carbonyl (C=O) groups is 1. The Morgan fingerprint density at radius 2 is 2.09 bits per heavy atom. The fourth-order valence-electron chi connectivity index (χ4n) is 2.76. The van der Waals surface area contributed by atoms with Crippen molar-refractivity contribution in [3.63, 3.8) is 0 Å². The van der Waals surface area contributed by atoms with Crippen molar-refractivity contribution < 1.29 is 24.3 Å². The summed E-state index contributed by atoms with van der Waals surface area (Å²) < 4.78 is 7.55. The summed E-state index contributed by atoms with van der Waals surface area (Å²) in [6.07, 6.45) is 5.52. The Labute approximate surface area is 130 Å². The third kappa shape index (κ3) is 4.59. The van der Waals surface area contributed by atoms with Gasteiger partial charge < -0.3 is 14.9 Å². The van der Waals surface area contributed by atoms with Crippen molar-refractivity contribution in [2.75, 3.05) is 26.2 Å². The van der Waals surface area contributed by atoms with E-state index in [1.54, 1.807) is 16.8 Å². The number of carboxylic acid groups (broad SMARTS) is 1. The Morgan fingerprint density at radius 1 is 1.36 bits per heavy atom. The van der Waals surface area contributed by atoms with E-state index in [2.05, 4.69) is 4.90 Å². The second-order valence-corrected chi connectivity index (χ2v) is 5.70. The van der Waals surface area contributed by atoms with E-state index in [9.17, 15) is 9.90 Å². The van der Waals surface area contributed by atoms with Gasteiger partial charge in [0, 0.05) is 19.5 Å². The third-order valence-electron chi connectivity index (χ3n) is 4.07. The molecule has 0 saturated carbocycles. The third-order valence-corrected chi connectivity index (χ3v) is 4.07. The topological polar surface area (TPSA) is 73.9 Å². The molecule has 0 amide bonds. The molecule has 1 aliphatic heterocycles. The molecule has 0 radical (unpaired) electrons. The number of aromatic nitrogens is 1. The van der Waals surface area contributed by atoms with Crippen LogP contribution in [0.15, 0.2) is 12.3 Å². The van der Waals surface area contributed by atoms with Gasteiger partial charge in [0.25, 0.3) is 0 Å². The highest BCUT2D eigenvalue weighted by molar-refractivity contribution is 5.66. The molecule has 0 unspecified atom stereocenters. The molecule has 0 aromatic carbocycles. The molecule has 2 rings (SSSR count). The molecular weight excluding hydrogens is 284 g/mol. The van der Waals surface area contributed by atoms with Gasteiger partial charge in [0.1, 0.15) is 13.0 Å². The Balaban J connectivity index is 1.93. The number of hydrogen-bond acceptors (Lipinski definition) is 4. The highest BCUT2D eigenvalue weighted by atomic mass is 16.5.